The van der Waals surface area contributed by atoms with Gasteiger partial charge in [0.05, 0.1) is 10.5 Å². The van der Waals surface area contributed by atoms with Gasteiger partial charge in [-0.1, -0.05) is 23.7 Å². The first-order valence-corrected chi connectivity index (χ1v) is 5.48. The first kappa shape index (κ1) is 9.94. The quantitative estimate of drug-likeness (QED) is 0.697. The van der Waals surface area contributed by atoms with Gasteiger partial charge in [0.1, 0.15) is 0 Å². The Labute approximate surface area is 96.2 Å². The molecule has 0 radical (unpaired) electrons. The van der Waals surface area contributed by atoms with Gasteiger partial charge in [-0.15, -0.1) is 0 Å². The summed E-state index contributed by atoms with van der Waals surface area (Å²) in [6.07, 6.45) is 1.68. The Morgan fingerprint density at radius 2 is 2.00 bits per heavy atom. The largest absolute Gasteiger partial charge is 0.254 e. The zero-order valence-electron chi connectivity index (χ0n) is 7.94. The molecule has 2 rings (SSSR count). The van der Waals surface area contributed by atoms with Crippen LogP contribution in [0.5, 0.6) is 0 Å². The second-order valence-electron chi connectivity index (χ2n) is 3.32. The Morgan fingerprint density at radius 3 is 2.71 bits per heavy atom. The molecule has 0 spiro atoms. The minimum absolute atomic E-state index is 0.653. The minimum atomic E-state index is 0.653. The van der Waals surface area contributed by atoms with Crippen LogP contribution in [0.25, 0.3) is 10.9 Å². The summed E-state index contributed by atoms with van der Waals surface area (Å²) in [5.74, 6) is 0. The molecule has 2 aromatic rings. The standard InChI is InChI=1S/C11H9BrClN/c1-6-3-4-8-10(12)9(13)5-14-11(8)7(6)2/h3-5H,1-2H3. The van der Waals surface area contributed by atoms with Gasteiger partial charge in [-0.05, 0) is 40.9 Å². The van der Waals surface area contributed by atoms with Crippen molar-refractivity contribution in [1.82, 2.24) is 4.98 Å². The lowest BCUT2D eigenvalue weighted by Crippen LogP contribution is -1.88. The Morgan fingerprint density at radius 1 is 1.29 bits per heavy atom. The van der Waals surface area contributed by atoms with E-state index >= 15 is 0 Å². The molecule has 0 aliphatic carbocycles. The smallest absolute Gasteiger partial charge is 0.0746 e. The van der Waals surface area contributed by atoms with Crippen LogP contribution in [0.1, 0.15) is 11.1 Å². The number of hydrogen-bond acceptors (Lipinski definition) is 1. The fourth-order valence-corrected chi connectivity index (χ4v) is 2.02. The molecule has 1 aromatic carbocycles. The molecule has 72 valence electrons. The number of aryl methyl sites for hydroxylation is 2. The molecule has 1 aromatic heterocycles. The van der Waals surface area contributed by atoms with Crippen LogP contribution in [-0.4, -0.2) is 4.98 Å². The van der Waals surface area contributed by atoms with Crippen molar-refractivity contribution in [1.29, 1.82) is 0 Å². The summed E-state index contributed by atoms with van der Waals surface area (Å²) in [6.45, 7) is 4.16. The van der Waals surface area contributed by atoms with Crippen molar-refractivity contribution in [2.75, 3.05) is 0 Å². The number of fused-ring (bicyclic) bond motifs is 1. The molecule has 0 unspecified atom stereocenters. The molecule has 0 fully saturated rings. The van der Waals surface area contributed by atoms with Gasteiger partial charge in [0.25, 0.3) is 0 Å². The number of aromatic nitrogens is 1. The van der Waals surface area contributed by atoms with Gasteiger partial charge in [0, 0.05) is 16.1 Å². The molecule has 0 bridgehead atoms. The summed E-state index contributed by atoms with van der Waals surface area (Å²) < 4.78 is 0.923. The van der Waals surface area contributed by atoms with Crippen molar-refractivity contribution >= 4 is 38.4 Å². The molecule has 14 heavy (non-hydrogen) atoms. The maximum Gasteiger partial charge on any atom is 0.0746 e. The molecule has 0 N–H and O–H groups in total. The van der Waals surface area contributed by atoms with Crippen LogP contribution in [0.15, 0.2) is 22.8 Å². The highest BCUT2D eigenvalue weighted by molar-refractivity contribution is 9.10. The Balaban J connectivity index is 2.94. The summed E-state index contributed by atoms with van der Waals surface area (Å²) in [5, 5.41) is 1.72. The van der Waals surface area contributed by atoms with Crippen molar-refractivity contribution in [3.8, 4) is 0 Å². The van der Waals surface area contributed by atoms with Crippen LogP contribution in [-0.2, 0) is 0 Å². The van der Waals surface area contributed by atoms with Crippen molar-refractivity contribution in [2.45, 2.75) is 13.8 Å². The maximum absolute atomic E-state index is 5.97. The summed E-state index contributed by atoms with van der Waals surface area (Å²) in [7, 11) is 0. The Bertz CT molecular complexity index is 461. The average Bonchev–Trinajstić information content (AvgIpc) is 2.17. The lowest BCUT2D eigenvalue weighted by molar-refractivity contribution is 1.31. The lowest BCUT2D eigenvalue weighted by Gasteiger charge is -2.06. The molecule has 0 saturated carbocycles. The second kappa shape index (κ2) is 3.52. The van der Waals surface area contributed by atoms with Crippen molar-refractivity contribution in [3.05, 3.63) is 39.0 Å². The average molecular weight is 271 g/mol. The SMILES string of the molecule is Cc1ccc2c(Br)c(Cl)cnc2c1C. The van der Waals surface area contributed by atoms with E-state index < -0.39 is 0 Å². The normalized spacial score (nSPS) is 10.9. The van der Waals surface area contributed by atoms with Gasteiger partial charge < -0.3 is 0 Å². The van der Waals surface area contributed by atoms with Crippen molar-refractivity contribution < 1.29 is 0 Å². The van der Waals surface area contributed by atoms with Gasteiger partial charge >= 0.3 is 0 Å². The van der Waals surface area contributed by atoms with Gasteiger partial charge in [-0.3, -0.25) is 4.98 Å². The first-order chi connectivity index (χ1) is 6.61. The highest BCUT2D eigenvalue weighted by atomic mass is 79.9. The highest BCUT2D eigenvalue weighted by Crippen LogP contribution is 2.31. The number of pyridine rings is 1. The fraction of sp³-hybridized carbons (Fsp3) is 0.182. The number of hydrogen-bond donors (Lipinski definition) is 0. The molecule has 1 heterocycles. The van der Waals surface area contributed by atoms with E-state index in [-0.39, 0.29) is 0 Å². The summed E-state index contributed by atoms with van der Waals surface area (Å²) in [5.41, 5.74) is 3.47. The lowest BCUT2D eigenvalue weighted by atomic mass is 10.1. The van der Waals surface area contributed by atoms with Crippen LogP contribution >= 0.6 is 27.5 Å². The molecule has 3 heteroatoms. The van der Waals surface area contributed by atoms with E-state index in [1.165, 1.54) is 11.1 Å². The van der Waals surface area contributed by atoms with Crippen LogP contribution in [0.3, 0.4) is 0 Å². The zero-order chi connectivity index (χ0) is 10.3. The Hall–Kier alpha value is -0.600. The van der Waals surface area contributed by atoms with E-state index in [0.717, 1.165) is 15.4 Å². The topological polar surface area (TPSA) is 12.9 Å². The van der Waals surface area contributed by atoms with Crippen LogP contribution in [0.2, 0.25) is 5.02 Å². The van der Waals surface area contributed by atoms with Gasteiger partial charge in [-0.25, -0.2) is 0 Å². The van der Waals surface area contributed by atoms with Gasteiger partial charge in [0.2, 0.25) is 0 Å². The van der Waals surface area contributed by atoms with Crippen LogP contribution in [0.4, 0.5) is 0 Å². The Kier molecular flexibility index (Phi) is 2.50. The minimum Gasteiger partial charge on any atom is -0.254 e. The maximum atomic E-state index is 5.97. The van der Waals surface area contributed by atoms with E-state index in [9.17, 15) is 0 Å². The van der Waals surface area contributed by atoms with Crippen molar-refractivity contribution in [2.24, 2.45) is 0 Å². The molecule has 1 nitrogen and oxygen atoms in total. The predicted molar refractivity (Wildman–Crippen MR) is 63.9 cm³/mol. The highest BCUT2D eigenvalue weighted by Gasteiger charge is 2.07. The van der Waals surface area contributed by atoms with Gasteiger partial charge in [-0.2, -0.15) is 0 Å². The molecule has 0 amide bonds. The fourth-order valence-electron chi connectivity index (χ4n) is 1.45. The third kappa shape index (κ3) is 1.43. The predicted octanol–water partition coefficient (Wildman–Crippen LogP) is 4.27. The molecule has 0 atom stereocenters. The van der Waals surface area contributed by atoms with E-state index in [1.54, 1.807) is 6.20 Å². The van der Waals surface area contributed by atoms with E-state index in [2.05, 4.69) is 40.8 Å². The number of nitrogens with zero attached hydrogens (tertiary/aromatic N) is 1. The number of rotatable bonds is 0. The van der Waals surface area contributed by atoms with Crippen molar-refractivity contribution in [3.63, 3.8) is 0 Å². The van der Waals surface area contributed by atoms with E-state index in [1.807, 2.05) is 6.07 Å². The molecular weight excluding hydrogens is 261 g/mol. The summed E-state index contributed by atoms with van der Waals surface area (Å²) >= 11 is 9.44. The van der Waals surface area contributed by atoms with Crippen LogP contribution in [0, 0.1) is 13.8 Å². The molecular formula is C11H9BrClN. The number of halogens is 2. The second-order valence-corrected chi connectivity index (χ2v) is 4.52. The summed E-state index contributed by atoms with van der Waals surface area (Å²) in [4.78, 5) is 4.34. The van der Waals surface area contributed by atoms with Gasteiger partial charge in [0.15, 0.2) is 0 Å². The third-order valence-corrected chi connectivity index (χ3v) is 3.82. The molecule has 0 aliphatic heterocycles. The molecule has 0 aliphatic rings. The van der Waals surface area contributed by atoms with E-state index in [0.29, 0.717) is 5.02 Å². The first-order valence-electron chi connectivity index (χ1n) is 4.31. The van der Waals surface area contributed by atoms with Crippen LogP contribution < -0.4 is 0 Å². The summed E-state index contributed by atoms with van der Waals surface area (Å²) in [6, 6.07) is 4.13. The third-order valence-electron chi connectivity index (χ3n) is 2.45. The molecule has 0 saturated heterocycles. The zero-order valence-corrected chi connectivity index (χ0v) is 10.3. The monoisotopic (exact) mass is 269 g/mol. The van der Waals surface area contributed by atoms with E-state index in [4.69, 9.17) is 11.6 Å². The number of benzene rings is 1.